The normalized spacial score (nSPS) is 24.7. The van der Waals surface area contributed by atoms with Gasteiger partial charge >= 0.3 is 11.9 Å². The molecule has 1 aliphatic heterocycles. The first-order valence-corrected chi connectivity index (χ1v) is 5.40. The average molecular weight is 259 g/mol. The number of carbonyl (C=O) groups is 2. The quantitative estimate of drug-likeness (QED) is 0.575. The van der Waals surface area contributed by atoms with E-state index in [1.807, 2.05) is 0 Å². The van der Waals surface area contributed by atoms with Crippen LogP contribution in [-0.2, 0) is 19.7 Å². The van der Waals surface area contributed by atoms with Crippen molar-refractivity contribution in [2.45, 2.75) is 18.8 Å². The van der Waals surface area contributed by atoms with Gasteiger partial charge in [0.15, 0.2) is 0 Å². The van der Waals surface area contributed by atoms with Crippen LogP contribution in [0.3, 0.4) is 0 Å². The summed E-state index contributed by atoms with van der Waals surface area (Å²) < 4.78 is 4.55. The highest BCUT2D eigenvalue weighted by molar-refractivity contribution is 6.42. The van der Waals surface area contributed by atoms with Crippen LogP contribution >= 0.6 is 23.2 Å². The van der Waals surface area contributed by atoms with E-state index in [2.05, 4.69) is 4.74 Å². The smallest absolute Gasteiger partial charge is 0.324 e. The number of halogens is 2. The zero-order chi connectivity index (χ0) is 11.9. The number of ether oxygens (including phenoxy) is 1. The van der Waals surface area contributed by atoms with E-state index in [1.54, 1.807) is 25.1 Å². The molecule has 0 saturated carbocycles. The van der Waals surface area contributed by atoms with Gasteiger partial charge in [-0.2, -0.15) is 0 Å². The lowest BCUT2D eigenvalue weighted by Gasteiger charge is -2.18. The number of carbonyl (C=O) groups excluding carboxylic acids is 2. The maximum absolute atomic E-state index is 11.6. The van der Waals surface area contributed by atoms with E-state index >= 15 is 0 Å². The van der Waals surface area contributed by atoms with Crippen LogP contribution in [0.2, 0.25) is 10.0 Å². The van der Waals surface area contributed by atoms with E-state index < -0.39 is 17.4 Å². The Labute approximate surface area is 102 Å². The molecule has 3 nitrogen and oxygen atoms in total. The van der Waals surface area contributed by atoms with Crippen molar-refractivity contribution in [3.05, 3.63) is 33.8 Å². The Bertz CT molecular complexity index is 484. The van der Waals surface area contributed by atoms with E-state index in [-0.39, 0.29) is 6.42 Å². The van der Waals surface area contributed by atoms with Gasteiger partial charge in [0.1, 0.15) is 5.41 Å². The summed E-state index contributed by atoms with van der Waals surface area (Å²) in [4.78, 5) is 22.7. The van der Waals surface area contributed by atoms with Crippen LogP contribution in [0.1, 0.15) is 18.9 Å². The summed E-state index contributed by atoms with van der Waals surface area (Å²) >= 11 is 11.7. The molecule has 1 saturated heterocycles. The van der Waals surface area contributed by atoms with E-state index in [4.69, 9.17) is 23.2 Å². The molecule has 0 N–H and O–H groups in total. The predicted molar refractivity (Wildman–Crippen MR) is 59.5 cm³/mol. The first-order valence-electron chi connectivity index (χ1n) is 4.64. The van der Waals surface area contributed by atoms with E-state index in [0.29, 0.717) is 15.6 Å². The Hall–Kier alpha value is -1.06. The molecule has 1 unspecified atom stereocenters. The van der Waals surface area contributed by atoms with Crippen LogP contribution in [0.25, 0.3) is 0 Å². The minimum absolute atomic E-state index is 0.0315. The van der Waals surface area contributed by atoms with Crippen molar-refractivity contribution in [1.29, 1.82) is 0 Å². The molecule has 0 spiro atoms. The molecular weight excluding hydrogens is 251 g/mol. The summed E-state index contributed by atoms with van der Waals surface area (Å²) in [5.41, 5.74) is -0.316. The Morgan fingerprint density at radius 1 is 1.25 bits per heavy atom. The van der Waals surface area contributed by atoms with Crippen molar-refractivity contribution < 1.29 is 14.3 Å². The molecule has 1 fully saturated rings. The van der Waals surface area contributed by atoms with E-state index in [1.165, 1.54) is 0 Å². The van der Waals surface area contributed by atoms with Crippen LogP contribution < -0.4 is 0 Å². The largest absolute Gasteiger partial charge is 0.392 e. The first kappa shape index (κ1) is 11.4. The van der Waals surface area contributed by atoms with Gasteiger partial charge in [0.25, 0.3) is 0 Å². The molecule has 2 rings (SSSR count). The maximum atomic E-state index is 11.6. The van der Waals surface area contributed by atoms with Gasteiger partial charge in [0, 0.05) is 0 Å². The van der Waals surface area contributed by atoms with Crippen LogP contribution in [-0.4, -0.2) is 11.9 Å². The van der Waals surface area contributed by atoms with Crippen molar-refractivity contribution in [1.82, 2.24) is 0 Å². The van der Waals surface area contributed by atoms with Crippen molar-refractivity contribution in [2.24, 2.45) is 0 Å². The first-order chi connectivity index (χ1) is 7.43. The summed E-state index contributed by atoms with van der Waals surface area (Å²) in [6.45, 7) is 1.65. The van der Waals surface area contributed by atoms with Gasteiger partial charge in [-0.15, -0.1) is 0 Å². The SMILES string of the molecule is CC1(c2ccc(Cl)c(Cl)c2)CC(=O)OC1=O. The number of benzene rings is 1. The zero-order valence-electron chi connectivity index (χ0n) is 8.42. The lowest BCUT2D eigenvalue weighted by atomic mass is 9.81. The average Bonchev–Trinajstić information content (AvgIpc) is 2.46. The topological polar surface area (TPSA) is 43.4 Å². The highest BCUT2D eigenvalue weighted by Crippen LogP contribution is 2.37. The van der Waals surface area contributed by atoms with Crippen LogP contribution in [0, 0.1) is 0 Å². The fourth-order valence-electron chi connectivity index (χ4n) is 1.67. The van der Waals surface area contributed by atoms with E-state index in [9.17, 15) is 9.59 Å². The summed E-state index contributed by atoms with van der Waals surface area (Å²) in [6.07, 6.45) is 0.0315. The van der Waals surface area contributed by atoms with Gasteiger partial charge in [-0.05, 0) is 24.6 Å². The molecule has 1 aromatic carbocycles. The Kier molecular flexibility index (Phi) is 2.68. The molecular formula is C11H8Cl2O3. The molecule has 0 bridgehead atoms. The molecule has 1 aromatic rings. The Balaban J connectivity index is 2.47. The summed E-state index contributed by atoms with van der Waals surface area (Å²) in [7, 11) is 0. The van der Waals surface area contributed by atoms with Crippen LogP contribution in [0.4, 0.5) is 0 Å². The van der Waals surface area contributed by atoms with Gasteiger partial charge in [-0.1, -0.05) is 29.3 Å². The van der Waals surface area contributed by atoms with Gasteiger partial charge in [0.2, 0.25) is 0 Å². The fraction of sp³-hybridized carbons (Fsp3) is 0.273. The number of rotatable bonds is 1. The van der Waals surface area contributed by atoms with Crippen molar-refractivity contribution in [2.75, 3.05) is 0 Å². The third kappa shape index (κ3) is 1.70. The summed E-state index contributed by atoms with van der Waals surface area (Å²) in [5.74, 6) is -1.06. The second-order valence-corrected chi connectivity index (χ2v) is 4.71. The van der Waals surface area contributed by atoms with Gasteiger partial charge < -0.3 is 4.74 Å². The Morgan fingerprint density at radius 3 is 2.44 bits per heavy atom. The number of hydrogen-bond donors (Lipinski definition) is 0. The summed E-state index contributed by atoms with van der Waals surface area (Å²) in [6, 6.07) is 4.86. The number of hydrogen-bond acceptors (Lipinski definition) is 3. The highest BCUT2D eigenvalue weighted by Gasteiger charge is 2.46. The summed E-state index contributed by atoms with van der Waals surface area (Å²) in [5, 5.41) is 0.763. The predicted octanol–water partition coefficient (Wildman–Crippen LogP) is 2.72. The molecule has 84 valence electrons. The molecule has 0 radical (unpaired) electrons. The minimum Gasteiger partial charge on any atom is -0.392 e. The lowest BCUT2D eigenvalue weighted by molar-refractivity contribution is -0.153. The van der Waals surface area contributed by atoms with Gasteiger partial charge in [-0.25, -0.2) is 0 Å². The maximum Gasteiger partial charge on any atom is 0.324 e. The molecule has 0 amide bonds. The molecule has 0 aliphatic carbocycles. The second-order valence-electron chi connectivity index (χ2n) is 3.90. The number of esters is 2. The monoisotopic (exact) mass is 258 g/mol. The Morgan fingerprint density at radius 2 is 1.94 bits per heavy atom. The van der Waals surface area contributed by atoms with E-state index in [0.717, 1.165) is 0 Å². The number of cyclic esters (lactones) is 2. The minimum atomic E-state index is -0.953. The third-order valence-electron chi connectivity index (χ3n) is 2.71. The molecule has 5 heteroatoms. The molecule has 1 atom stereocenters. The fourth-order valence-corrected chi connectivity index (χ4v) is 1.97. The van der Waals surface area contributed by atoms with Crippen LogP contribution in [0.15, 0.2) is 18.2 Å². The standard InChI is InChI=1S/C11H8Cl2O3/c1-11(5-9(14)16-10(11)15)6-2-3-7(12)8(13)4-6/h2-4H,5H2,1H3. The van der Waals surface area contributed by atoms with Crippen molar-refractivity contribution in [3.8, 4) is 0 Å². The van der Waals surface area contributed by atoms with Gasteiger partial charge in [0.05, 0.1) is 16.5 Å². The lowest BCUT2D eigenvalue weighted by Crippen LogP contribution is -2.27. The molecule has 1 aliphatic rings. The van der Waals surface area contributed by atoms with Crippen molar-refractivity contribution in [3.63, 3.8) is 0 Å². The molecule has 0 aromatic heterocycles. The van der Waals surface area contributed by atoms with Crippen LogP contribution in [0.5, 0.6) is 0 Å². The second kappa shape index (κ2) is 3.75. The molecule has 1 heterocycles. The van der Waals surface area contributed by atoms with Crippen molar-refractivity contribution >= 4 is 35.1 Å². The zero-order valence-corrected chi connectivity index (χ0v) is 9.93. The molecule has 16 heavy (non-hydrogen) atoms. The highest BCUT2D eigenvalue weighted by atomic mass is 35.5. The van der Waals surface area contributed by atoms with Gasteiger partial charge in [-0.3, -0.25) is 9.59 Å². The third-order valence-corrected chi connectivity index (χ3v) is 3.45.